The number of carbonyl (C=O) groups excluding carboxylic acids is 2. The summed E-state index contributed by atoms with van der Waals surface area (Å²) in [4.78, 5) is 26.2. The van der Waals surface area contributed by atoms with Gasteiger partial charge in [-0.1, -0.05) is 36.9 Å². The summed E-state index contributed by atoms with van der Waals surface area (Å²) >= 11 is 0.824. The largest absolute Gasteiger partial charge is 0.493 e. The molecule has 1 heterocycles. The number of halogens is 1. The molecular formula is C21H18FNO4S. The molecule has 0 bridgehead atoms. The summed E-state index contributed by atoms with van der Waals surface area (Å²) in [7, 11) is 1.52. The predicted molar refractivity (Wildman–Crippen MR) is 107 cm³/mol. The molecule has 2 amide bonds. The van der Waals surface area contributed by atoms with E-state index in [4.69, 9.17) is 9.47 Å². The summed E-state index contributed by atoms with van der Waals surface area (Å²) in [5.41, 5.74) is 0.968. The average Bonchev–Trinajstić information content (AvgIpc) is 2.95. The molecular weight excluding hydrogens is 381 g/mol. The Kier molecular flexibility index (Phi) is 6.16. The van der Waals surface area contributed by atoms with E-state index in [1.54, 1.807) is 48.6 Å². The summed E-state index contributed by atoms with van der Waals surface area (Å²) in [5, 5.41) is -0.433. The maximum Gasteiger partial charge on any atom is 0.293 e. The van der Waals surface area contributed by atoms with Crippen molar-refractivity contribution in [3.63, 3.8) is 0 Å². The minimum atomic E-state index is -0.454. The van der Waals surface area contributed by atoms with Crippen LogP contribution in [0.1, 0.15) is 11.1 Å². The summed E-state index contributed by atoms with van der Waals surface area (Å²) in [6.07, 6.45) is 3.23. The molecule has 3 rings (SSSR count). The first kappa shape index (κ1) is 19.7. The molecule has 0 atom stereocenters. The van der Waals surface area contributed by atoms with E-state index in [0.29, 0.717) is 23.7 Å². The van der Waals surface area contributed by atoms with Crippen LogP contribution < -0.4 is 9.47 Å². The van der Waals surface area contributed by atoms with Crippen LogP contribution in [0.15, 0.2) is 60.0 Å². The fourth-order valence-corrected chi connectivity index (χ4v) is 3.46. The van der Waals surface area contributed by atoms with E-state index in [0.717, 1.165) is 16.7 Å². The molecule has 1 aliphatic rings. The zero-order chi connectivity index (χ0) is 20.1. The molecule has 28 heavy (non-hydrogen) atoms. The zero-order valence-corrected chi connectivity index (χ0v) is 16.0. The van der Waals surface area contributed by atoms with Crippen molar-refractivity contribution in [2.24, 2.45) is 0 Å². The molecule has 0 spiro atoms. The van der Waals surface area contributed by atoms with Gasteiger partial charge in [-0.15, -0.1) is 0 Å². The van der Waals surface area contributed by atoms with Crippen LogP contribution in [0.4, 0.5) is 9.18 Å². The Balaban J connectivity index is 1.81. The lowest BCUT2D eigenvalue weighted by molar-refractivity contribution is -0.123. The van der Waals surface area contributed by atoms with Crippen molar-refractivity contribution < 1.29 is 23.5 Å². The van der Waals surface area contributed by atoms with Crippen molar-refractivity contribution >= 4 is 29.0 Å². The van der Waals surface area contributed by atoms with Crippen molar-refractivity contribution in [3.8, 4) is 11.5 Å². The number of imide groups is 1. The number of methoxy groups -OCH3 is 1. The first-order valence-electron chi connectivity index (χ1n) is 8.44. The van der Waals surface area contributed by atoms with Gasteiger partial charge in [0.25, 0.3) is 11.1 Å². The normalized spacial score (nSPS) is 15.2. The second-order valence-corrected chi connectivity index (χ2v) is 6.86. The number of benzene rings is 2. The Morgan fingerprint density at radius 3 is 2.68 bits per heavy atom. The van der Waals surface area contributed by atoms with Crippen LogP contribution in [0.5, 0.6) is 11.5 Å². The number of hydrogen-bond acceptors (Lipinski definition) is 5. The van der Waals surface area contributed by atoms with Gasteiger partial charge in [0.15, 0.2) is 11.5 Å². The lowest BCUT2D eigenvalue weighted by Crippen LogP contribution is -2.27. The number of amides is 2. The van der Waals surface area contributed by atoms with Gasteiger partial charge in [0.05, 0.1) is 18.6 Å². The van der Waals surface area contributed by atoms with Crippen LogP contribution in [0.25, 0.3) is 6.08 Å². The molecule has 1 aliphatic heterocycles. The number of rotatable bonds is 7. The van der Waals surface area contributed by atoms with E-state index in [-0.39, 0.29) is 17.0 Å². The zero-order valence-electron chi connectivity index (χ0n) is 15.2. The lowest BCUT2D eigenvalue weighted by atomic mass is 10.1. The highest BCUT2D eigenvalue weighted by molar-refractivity contribution is 8.18. The molecule has 2 aromatic rings. The first-order chi connectivity index (χ1) is 13.5. The highest BCUT2D eigenvalue weighted by Crippen LogP contribution is 2.35. The van der Waals surface area contributed by atoms with E-state index >= 15 is 0 Å². The van der Waals surface area contributed by atoms with E-state index in [1.165, 1.54) is 13.2 Å². The highest BCUT2D eigenvalue weighted by atomic mass is 32.2. The highest BCUT2D eigenvalue weighted by Gasteiger charge is 2.35. The molecule has 5 nitrogen and oxygen atoms in total. The summed E-state index contributed by atoms with van der Waals surface area (Å²) < 4.78 is 24.7. The van der Waals surface area contributed by atoms with Crippen LogP contribution in [-0.4, -0.2) is 29.8 Å². The van der Waals surface area contributed by atoms with Crippen LogP contribution in [0, 0.1) is 5.82 Å². The average molecular weight is 399 g/mol. The molecule has 1 saturated heterocycles. The van der Waals surface area contributed by atoms with Crippen molar-refractivity contribution in [1.82, 2.24) is 4.90 Å². The van der Waals surface area contributed by atoms with Gasteiger partial charge in [-0.3, -0.25) is 14.5 Å². The predicted octanol–water partition coefficient (Wildman–Crippen LogP) is 4.64. The molecule has 2 aromatic carbocycles. The fraction of sp³-hybridized carbons (Fsp3) is 0.143. The quantitative estimate of drug-likeness (QED) is 0.502. The number of hydrogen-bond donors (Lipinski definition) is 0. The smallest absolute Gasteiger partial charge is 0.293 e. The van der Waals surface area contributed by atoms with Gasteiger partial charge in [0, 0.05) is 5.56 Å². The Hall–Kier alpha value is -3.06. The number of thioether (sulfide) groups is 1. The van der Waals surface area contributed by atoms with E-state index in [9.17, 15) is 14.0 Å². The number of ether oxygens (including phenoxy) is 2. The molecule has 0 N–H and O–H groups in total. The molecule has 0 saturated carbocycles. The molecule has 1 fully saturated rings. The fourth-order valence-electron chi connectivity index (χ4n) is 2.63. The SMILES string of the molecule is C=CCOc1ccc(/C=C2/SC(=O)N(Cc3ccccc3F)C2=O)cc1OC. The van der Waals surface area contributed by atoms with E-state index in [2.05, 4.69) is 6.58 Å². The first-order valence-corrected chi connectivity index (χ1v) is 9.25. The second-order valence-electron chi connectivity index (χ2n) is 5.87. The maximum atomic E-state index is 13.8. The maximum absolute atomic E-state index is 13.8. The van der Waals surface area contributed by atoms with Gasteiger partial charge < -0.3 is 9.47 Å². The number of carbonyl (C=O) groups is 2. The third kappa shape index (κ3) is 4.26. The van der Waals surface area contributed by atoms with Crippen LogP contribution in [0.2, 0.25) is 0 Å². The van der Waals surface area contributed by atoms with Gasteiger partial charge in [0.2, 0.25) is 0 Å². The molecule has 144 valence electrons. The van der Waals surface area contributed by atoms with Gasteiger partial charge in [-0.05, 0) is 41.6 Å². The Labute approximate surface area is 166 Å². The third-order valence-corrected chi connectivity index (χ3v) is 4.91. The second kappa shape index (κ2) is 8.75. The van der Waals surface area contributed by atoms with Crippen LogP contribution in [0.3, 0.4) is 0 Å². The van der Waals surface area contributed by atoms with Gasteiger partial charge in [-0.2, -0.15) is 0 Å². The van der Waals surface area contributed by atoms with Crippen molar-refractivity contribution in [1.29, 1.82) is 0 Å². The van der Waals surface area contributed by atoms with Crippen LogP contribution in [-0.2, 0) is 11.3 Å². The summed E-state index contributed by atoms with van der Waals surface area (Å²) in [6, 6.07) is 11.3. The third-order valence-electron chi connectivity index (χ3n) is 4.00. The topological polar surface area (TPSA) is 55.8 Å². The van der Waals surface area contributed by atoms with Crippen molar-refractivity contribution in [2.75, 3.05) is 13.7 Å². The minimum Gasteiger partial charge on any atom is -0.493 e. The van der Waals surface area contributed by atoms with Crippen molar-refractivity contribution in [3.05, 3.63) is 77.0 Å². The monoisotopic (exact) mass is 399 g/mol. The van der Waals surface area contributed by atoms with E-state index in [1.807, 2.05) is 0 Å². The van der Waals surface area contributed by atoms with Gasteiger partial charge >= 0.3 is 0 Å². The Morgan fingerprint density at radius 2 is 1.96 bits per heavy atom. The van der Waals surface area contributed by atoms with Gasteiger partial charge in [-0.25, -0.2) is 4.39 Å². The Morgan fingerprint density at radius 1 is 1.18 bits per heavy atom. The van der Waals surface area contributed by atoms with Gasteiger partial charge in [0.1, 0.15) is 12.4 Å². The lowest BCUT2D eigenvalue weighted by Gasteiger charge is -2.13. The molecule has 0 aliphatic carbocycles. The summed E-state index contributed by atoms with van der Waals surface area (Å²) in [6.45, 7) is 3.83. The Bertz CT molecular complexity index is 957. The summed E-state index contributed by atoms with van der Waals surface area (Å²) in [5.74, 6) is 0.142. The standard InChI is InChI=1S/C21H18FNO4S/c1-3-10-27-17-9-8-14(11-18(17)26-2)12-19-20(24)23(21(25)28-19)13-15-6-4-5-7-16(15)22/h3-9,11-12H,1,10,13H2,2H3/b19-12+. The minimum absolute atomic E-state index is 0.105. The van der Waals surface area contributed by atoms with Crippen molar-refractivity contribution in [2.45, 2.75) is 6.54 Å². The molecule has 0 radical (unpaired) electrons. The number of nitrogens with zero attached hydrogens (tertiary/aromatic N) is 1. The van der Waals surface area contributed by atoms with Crippen LogP contribution >= 0.6 is 11.8 Å². The molecule has 0 aromatic heterocycles. The molecule has 0 unspecified atom stereocenters. The van der Waals surface area contributed by atoms with E-state index < -0.39 is 17.0 Å². The molecule has 7 heteroatoms.